The Morgan fingerprint density at radius 2 is 1.95 bits per heavy atom. The summed E-state index contributed by atoms with van der Waals surface area (Å²) in [6, 6.07) is 7.96. The van der Waals surface area contributed by atoms with Crippen LogP contribution in [-0.2, 0) is 17.4 Å². The van der Waals surface area contributed by atoms with E-state index in [0.717, 1.165) is 12.1 Å². The van der Waals surface area contributed by atoms with Gasteiger partial charge in [0.15, 0.2) is 5.69 Å². The van der Waals surface area contributed by atoms with Gasteiger partial charge < -0.3 is 9.84 Å². The maximum absolute atomic E-state index is 12.3. The van der Waals surface area contributed by atoms with Crippen molar-refractivity contribution in [3.05, 3.63) is 47.7 Å². The molecule has 5 nitrogen and oxygen atoms in total. The second kappa shape index (κ2) is 5.78. The molecular formula is C13H9F3N2O3. The van der Waals surface area contributed by atoms with E-state index >= 15 is 0 Å². The van der Waals surface area contributed by atoms with Crippen LogP contribution in [0.15, 0.2) is 36.4 Å². The third-order valence-electron chi connectivity index (χ3n) is 2.41. The first-order chi connectivity index (χ1) is 9.84. The first-order valence-corrected chi connectivity index (χ1v) is 5.74. The van der Waals surface area contributed by atoms with Gasteiger partial charge in [-0.2, -0.15) is 13.2 Å². The maximum Gasteiger partial charge on any atom is 0.435 e. The SMILES string of the molecule is O=C(O)Cc1cccc(Oc2ccc(C(F)(F)F)nn2)c1. The highest BCUT2D eigenvalue weighted by atomic mass is 19.4. The van der Waals surface area contributed by atoms with Crippen molar-refractivity contribution in [1.82, 2.24) is 10.2 Å². The molecule has 2 aromatic rings. The van der Waals surface area contributed by atoms with E-state index in [1.807, 2.05) is 0 Å². The molecular weight excluding hydrogens is 289 g/mol. The maximum atomic E-state index is 12.3. The predicted molar refractivity (Wildman–Crippen MR) is 64.9 cm³/mol. The largest absolute Gasteiger partial charge is 0.481 e. The van der Waals surface area contributed by atoms with Crippen LogP contribution in [0.1, 0.15) is 11.3 Å². The van der Waals surface area contributed by atoms with Gasteiger partial charge in [-0.1, -0.05) is 12.1 Å². The van der Waals surface area contributed by atoms with E-state index in [-0.39, 0.29) is 18.1 Å². The Bertz CT molecular complexity index is 642. The van der Waals surface area contributed by atoms with E-state index in [0.29, 0.717) is 5.56 Å². The van der Waals surface area contributed by atoms with Crippen LogP contribution in [0, 0.1) is 0 Å². The number of ether oxygens (including phenoxy) is 1. The summed E-state index contributed by atoms with van der Waals surface area (Å²) in [6.07, 6.45) is -4.75. The van der Waals surface area contributed by atoms with Gasteiger partial charge in [-0.15, -0.1) is 10.2 Å². The van der Waals surface area contributed by atoms with Crippen molar-refractivity contribution in [3.63, 3.8) is 0 Å². The van der Waals surface area contributed by atoms with Crippen molar-refractivity contribution in [2.75, 3.05) is 0 Å². The molecule has 0 atom stereocenters. The van der Waals surface area contributed by atoms with Gasteiger partial charge in [0.25, 0.3) is 0 Å². The molecule has 0 aliphatic heterocycles. The molecule has 0 bridgehead atoms. The molecule has 21 heavy (non-hydrogen) atoms. The first-order valence-electron chi connectivity index (χ1n) is 5.74. The third kappa shape index (κ3) is 4.16. The van der Waals surface area contributed by atoms with Gasteiger partial charge in [-0.3, -0.25) is 4.79 Å². The van der Waals surface area contributed by atoms with Crippen molar-refractivity contribution < 1.29 is 27.8 Å². The molecule has 1 aromatic carbocycles. The molecule has 1 N–H and O–H groups in total. The van der Waals surface area contributed by atoms with E-state index in [2.05, 4.69) is 10.2 Å². The Kier molecular flexibility index (Phi) is 4.06. The van der Waals surface area contributed by atoms with E-state index in [1.165, 1.54) is 12.1 Å². The van der Waals surface area contributed by atoms with Crippen molar-refractivity contribution in [2.24, 2.45) is 0 Å². The van der Waals surface area contributed by atoms with Crippen molar-refractivity contribution in [3.8, 4) is 11.6 Å². The predicted octanol–water partition coefficient (Wildman–Crippen LogP) is 2.91. The zero-order valence-electron chi connectivity index (χ0n) is 10.5. The molecule has 8 heteroatoms. The van der Waals surface area contributed by atoms with Crippen molar-refractivity contribution in [2.45, 2.75) is 12.6 Å². The lowest BCUT2D eigenvalue weighted by molar-refractivity contribution is -0.141. The Balaban J connectivity index is 2.13. The molecule has 2 rings (SSSR count). The van der Waals surface area contributed by atoms with Crippen LogP contribution in [-0.4, -0.2) is 21.3 Å². The average molecular weight is 298 g/mol. The molecule has 0 aliphatic rings. The molecule has 0 spiro atoms. The number of halogens is 3. The lowest BCUT2D eigenvalue weighted by Crippen LogP contribution is -2.08. The smallest absolute Gasteiger partial charge is 0.435 e. The lowest BCUT2D eigenvalue weighted by Gasteiger charge is -2.07. The minimum atomic E-state index is -4.56. The standard InChI is InChI=1S/C13H9F3N2O3/c14-13(15,16)10-4-5-11(18-17-10)21-9-3-1-2-8(6-9)7-12(19)20/h1-6H,7H2,(H,19,20). The molecule has 0 unspecified atom stereocenters. The number of alkyl halides is 3. The molecule has 0 saturated carbocycles. The number of aromatic nitrogens is 2. The van der Waals surface area contributed by atoms with Gasteiger partial charge in [0.05, 0.1) is 6.42 Å². The molecule has 1 aromatic heterocycles. The fourth-order valence-electron chi connectivity index (χ4n) is 1.54. The summed E-state index contributed by atoms with van der Waals surface area (Å²) in [6.45, 7) is 0. The molecule has 1 heterocycles. The van der Waals surface area contributed by atoms with Crippen LogP contribution >= 0.6 is 0 Å². The second-order valence-corrected chi connectivity index (χ2v) is 4.07. The molecule has 0 saturated heterocycles. The summed E-state index contributed by atoms with van der Waals surface area (Å²) >= 11 is 0. The summed E-state index contributed by atoms with van der Waals surface area (Å²) in [5.41, 5.74) is -0.616. The van der Waals surface area contributed by atoms with E-state index in [4.69, 9.17) is 9.84 Å². The molecule has 0 aliphatic carbocycles. The quantitative estimate of drug-likeness (QED) is 0.939. The number of rotatable bonds is 4. The van der Waals surface area contributed by atoms with E-state index in [9.17, 15) is 18.0 Å². The Labute approximate surface area is 117 Å². The molecule has 0 amide bonds. The fraction of sp³-hybridized carbons (Fsp3) is 0.154. The zero-order valence-corrected chi connectivity index (χ0v) is 10.5. The van der Waals surface area contributed by atoms with Gasteiger partial charge in [0.1, 0.15) is 5.75 Å². The highest BCUT2D eigenvalue weighted by molar-refractivity contribution is 5.70. The monoisotopic (exact) mass is 298 g/mol. The first kappa shape index (κ1) is 14.8. The van der Waals surface area contributed by atoms with Crippen LogP contribution in [0.5, 0.6) is 11.6 Å². The van der Waals surface area contributed by atoms with Gasteiger partial charge in [0, 0.05) is 6.07 Å². The normalized spacial score (nSPS) is 11.2. The van der Waals surface area contributed by atoms with Crippen LogP contribution in [0.3, 0.4) is 0 Å². The minimum Gasteiger partial charge on any atom is -0.481 e. The highest BCUT2D eigenvalue weighted by Gasteiger charge is 2.32. The minimum absolute atomic E-state index is 0.115. The summed E-state index contributed by atoms with van der Waals surface area (Å²) in [5, 5.41) is 15.0. The number of hydrogen-bond acceptors (Lipinski definition) is 4. The Morgan fingerprint density at radius 3 is 2.52 bits per heavy atom. The Hall–Kier alpha value is -2.64. The van der Waals surface area contributed by atoms with Gasteiger partial charge in [0.2, 0.25) is 5.88 Å². The second-order valence-electron chi connectivity index (χ2n) is 4.07. The van der Waals surface area contributed by atoms with Gasteiger partial charge >= 0.3 is 12.1 Å². The van der Waals surface area contributed by atoms with E-state index in [1.54, 1.807) is 12.1 Å². The van der Waals surface area contributed by atoms with Gasteiger partial charge in [-0.05, 0) is 23.8 Å². The summed E-state index contributed by atoms with van der Waals surface area (Å²) in [7, 11) is 0. The zero-order chi connectivity index (χ0) is 15.5. The number of hydrogen-bond donors (Lipinski definition) is 1. The molecule has 0 radical (unpaired) electrons. The van der Waals surface area contributed by atoms with Crippen LogP contribution in [0.2, 0.25) is 0 Å². The molecule has 0 fully saturated rings. The number of carbonyl (C=O) groups is 1. The average Bonchev–Trinajstić information content (AvgIpc) is 2.38. The highest BCUT2D eigenvalue weighted by Crippen LogP contribution is 2.28. The molecule has 110 valence electrons. The third-order valence-corrected chi connectivity index (χ3v) is 2.41. The number of benzene rings is 1. The van der Waals surface area contributed by atoms with E-state index < -0.39 is 17.8 Å². The van der Waals surface area contributed by atoms with Crippen LogP contribution < -0.4 is 4.74 Å². The van der Waals surface area contributed by atoms with Crippen LogP contribution in [0.25, 0.3) is 0 Å². The summed E-state index contributed by atoms with van der Waals surface area (Å²) in [4.78, 5) is 10.6. The number of aliphatic carboxylic acids is 1. The Morgan fingerprint density at radius 1 is 1.19 bits per heavy atom. The topological polar surface area (TPSA) is 72.3 Å². The number of carboxylic acids is 1. The summed E-state index contributed by atoms with van der Waals surface area (Å²) < 4.78 is 42.2. The van der Waals surface area contributed by atoms with Crippen molar-refractivity contribution >= 4 is 5.97 Å². The van der Waals surface area contributed by atoms with Crippen molar-refractivity contribution in [1.29, 1.82) is 0 Å². The number of carboxylic acid groups (broad SMARTS) is 1. The van der Waals surface area contributed by atoms with Gasteiger partial charge in [-0.25, -0.2) is 0 Å². The number of nitrogens with zero attached hydrogens (tertiary/aromatic N) is 2. The lowest BCUT2D eigenvalue weighted by atomic mass is 10.1. The van der Waals surface area contributed by atoms with Crippen LogP contribution in [0.4, 0.5) is 13.2 Å². The summed E-state index contributed by atoms with van der Waals surface area (Å²) in [5.74, 6) is -0.847. The fourth-order valence-corrected chi connectivity index (χ4v) is 1.54.